The minimum Gasteiger partial charge on any atom is -0.394 e. The fourth-order valence-corrected chi connectivity index (χ4v) is 12.4. The number of ether oxygens (including phenoxy) is 5. The molecule has 5 aliphatic rings. The Balaban J connectivity index is 0.000000225. The van der Waals surface area contributed by atoms with Crippen LogP contribution in [0.5, 0.6) is 0 Å². The molecule has 0 amide bonds. The van der Waals surface area contributed by atoms with E-state index < -0.39 is 125 Å². The van der Waals surface area contributed by atoms with E-state index in [1.807, 2.05) is 13.8 Å². The van der Waals surface area contributed by atoms with Crippen LogP contribution in [0, 0.1) is 47.4 Å². The largest absolute Gasteiger partial charge is 0.450 e. The Kier molecular flexibility index (Phi) is 36.7. The fourth-order valence-electron chi connectivity index (χ4n) is 12.0. The molecule has 5 saturated heterocycles. The molecule has 10 rings (SSSR count). The van der Waals surface area contributed by atoms with Gasteiger partial charge < -0.3 is 34.5 Å². The number of aromatic nitrogens is 10. The third kappa shape index (κ3) is 28.9. The van der Waals surface area contributed by atoms with Gasteiger partial charge in [0.2, 0.25) is 17.3 Å². The normalized spacial score (nSPS) is 20.8. The van der Waals surface area contributed by atoms with Crippen LogP contribution in [0.3, 0.4) is 0 Å². The van der Waals surface area contributed by atoms with E-state index in [0.717, 1.165) is 64.2 Å². The Morgan fingerprint density at radius 2 is 0.600 bits per heavy atom. The van der Waals surface area contributed by atoms with E-state index >= 15 is 0 Å². The molecule has 0 saturated carbocycles. The monoisotopic (exact) mass is 1700 g/mol. The zero-order valence-electron chi connectivity index (χ0n) is 63.1. The molecule has 5 aliphatic heterocycles. The Hall–Kier alpha value is -9.78. The first kappa shape index (κ1) is 94.1. The first-order valence-electron chi connectivity index (χ1n) is 37.0. The van der Waals surface area contributed by atoms with Crippen LogP contribution in [0.1, 0.15) is 215 Å². The van der Waals surface area contributed by atoms with E-state index in [1.54, 1.807) is 12.4 Å². The number of aromatic amines is 5. The number of carbonyl (C=O) groups is 3. The van der Waals surface area contributed by atoms with Crippen LogP contribution in [0.2, 0.25) is 0 Å². The molecule has 0 bridgehead atoms. The molecule has 10 heterocycles. The van der Waals surface area contributed by atoms with Gasteiger partial charge in [0.05, 0.1) is 43.7 Å². The van der Waals surface area contributed by atoms with Crippen molar-refractivity contribution in [3.05, 3.63) is 163 Å². The van der Waals surface area contributed by atoms with Gasteiger partial charge in [-0.1, -0.05) is 73.2 Å². The van der Waals surface area contributed by atoms with Gasteiger partial charge >= 0.3 is 47.0 Å². The Bertz CT molecular complexity index is 4750. The van der Waals surface area contributed by atoms with Crippen molar-refractivity contribution in [2.45, 2.75) is 267 Å². The molecule has 115 heavy (non-hydrogen) atoms. The van der Waals surface area contributed by atoms with Gasteiger partial charge in [-0.05, 0) is 89.9 Å². The molecule has 30 nitrogen and oxygen atoms in total. The van der Waals surface area contributed by atoms with E-state index in [1.165, 1.54) is 41.4 Å². The summed E-state index contributed by atoms with van der Waals surface area (Å²) in [6.07, 6.45) is -1.26. The van der Waals surface area contributed by atoms with E-state index in [4.69, 9.17) is 34.5 Å². The second-order valence-corrected chi connectivity index (χ2v) is 27.2. The highest BCUT2D eigenvalue weighted by Crippen LogP contribution is 2.33. The number of aliphatic hydroxyl groups excluding tert-OH is 1. The van der Waals surface area contributed by atoms with Gasteiger partial charge in [0.25, 0.3) is 27.8 Å². The lowest BCUT2D eigenvalue weighted by Crippen LogP contribution is -2.34. The number of nitrogens with one attached hydrogen (secondary N) is 5. The molecular formula is C75H89BrF9N11O19. The number of aliphatic hydroxyl groups is 1. The first-order valence-corrected chi connectivity index (χ1v) is 38.1. The van der Waals surface area contributed by atoms with Gasteiger partial charge in [-0.25, -0.2) is 24.0 Å². The van der Waals surface area contributed by atoms with Gasteiger partial charge in [0, 0.05) is 128 Å². The quantitative estimate of drug-likeness (QED) is 0.0235. The van der Waals surface area contributed by atoms with Crippen molar-refractivity contribution in [3.8, 4) is 47.4 Å². The fraction of sp³-hybridized carbons (Fsp3) is 0.587. The second kappa shape index (κ2) is 44.9. The Labute approximate surface area is 657 Å². The van der Waals surface area contributed by atoms with Crippen LogP contribution < -0.4 is 62.0 Å². The van der Waals surface area contributed by atoms with Crippen molar-refractivity contribution in [2.24, 2.45) is 5.73 Å². The molecule has 0 aromatic carbocycles. The summed E-state index contributed by atoms with van der Waals surface area (Å²) in [6, 6.07) is 0. The van der Waals surface area contributed by atoms with Gasteiger partial charge in [-0.2, -0.15) is 39.5 Å². The van der Waals surface area contributed by atoms with E-state index in [9.17, 15) is 102 Å². The van der Waals surface area contributed by atoms with Gasteiger partial charge in [0.1, 0.15) is 31.1 Å². The van der Waals surface area contributed by atoms with Crippen molar-refractivity contribution >= 4 is 33.3 Å². The zero-order chi connectivity index (χ0) is 84.9. The topological polar surface area (TPSA) is 418 Å². The Morgan fingerprint density at radius 3 is 0.800 bits per heavy atom. The minimum absolute atomic E-state index is 0.0419. The van der Waals surface area contributed by atoms with E-state index in [0.29, 0.717) is 42.1 Å². The van der Waals surface area contributed by atoms with Crippen LogP contribution in [-0.2, 0) is 69.1 Å². The van der Waals surface area contributed by atoms with Crippen molar-refractivity contribution in [1.82, 2.24) is 47.8 Å². The highest BCUT2D eigenvalue weighted by molar-refractivity contribution is 9.08. The molecule has 628 valence electrons. The molecule has 0 radical (unpaired) electrons. The third-order valence-electron chi connectivity index (χ3n) is 18.5. The highest BCUT2D eigenvalue weighted by atomic mass is 79.9. The molecule has 0 spiro atoms. The summed E-state index contributed by atoms with van der Waals surface area (Å²) in [6.45, 7) is 8.15. The summed E-state index contributed by atoms with van der Waals surface area (Å²) in [5, 5.41) is 9.49. The van der Waals surface area contributed by atoms with Crippen LogP contribution in [0.15, 0.2) is 78.9 Å². The number of hydrogen-bond donors (Lipinski definition) is 7. The molecule has 8 N–H and O–H groups in total. The number of halogens is 10. The molecule has 40 heteroatoms. The molecule has 10 atom stereocenters. The number of carbonyl (C=O) groups excluding carboxylic acids is 3. The lowest BCUT2D eigenvalue weighted by Gasteiger charge is -2.15. The summed E-state index contributed by atoms with van der Waals surface area (Å²) in [5.74, 6) is 14.9. The number of rotatable bonds is 21. The van der Waals surface area contributed by atoms with Crippen molar-refractivity contribution < 1.29 is 82.7 Å². The van der Waals surface area contributed by atoms with Crippen molar-refractivity contribution in [3.63, 3.8) is 0 Å². The molecule has 5 aromatic heterocycles. The molecular weight excluding hydrogens is 1610 g/mol. The standard InChI is InChI=1S/2C17H19F3N2O4.C16H17F3N2O5.C14H19N3O3.C11H15BrN2O3/c2*1-2-12-8-9-14(26-12)22-10-11(15(24)21-16(22)25)6-4-3-5-7-13(23)17(18,19)20;17-16(18,19)12(23)5-3-1-2-4-10-8-21(15(25)20-14(10)24)13-7-6-11(9-22)26-13;1-2-11-6-7-12(20-11)17-9-10(5-3-4-8-15)13(18)16-14(17)19;1-2-8-3-4-9(17-8)14-6-7(5-12)10(15)13-11(14)16/h2*10,12,14H,2,5-9H2,1H3,(H,21,24,25);8,11,13,22H,3-7,9H2,(H,20,24,25);9,11-12H,2,5-8,15H2,1H3,(H,16,18,19);6,8-9H,2-5H2,1H3,(H,13,15,16)/t2*12-,14-;11-,13+;11-,12-;8-,9-/m11011/s1. The average molecular weight is 1700 g/mol. The number of nitrogens with zero attached hydrogens (tertiary/aromatic N) is 5. The van der Waals surface area contributed by atoms with Crippen LogP contribution in [0.25, 0.3) is 0 Å². The summed E-state index contributed by atoms with van der Waals surface area (Å²) in [7, 11) is 0. The highest BCUT2D eigenvalue weighted by Gasteiger charge is 2.39. The average Bonchev–Trinajstić information content (AvgIpc) is 1.43. The van der Waals surface area contributed by atoms with Crippen LogP contribution >= 0.6 is 15.9 Å². The van der Waals surface area contributed by atoms with Gasteiger partial charge in [0.15, 0.2) is 0 Å². The maximum atomic E-state index is 12.1. The number of ketones is 3. The van der Waals surface area contributed by atoms with Gasteiger partial charge in [-0.3, -0.25) is 86.1 Å². The lowest BCUT2D eigenvalue weighted by atomic mass is 10.2. The predicted octanol–water partition coefficient (Wildman–Crippen LogP) is 6.48. The number of Topliss-reactive ketones (excluding diaryl/α,β-unsaturated/α-hetero) is 3. The number of hydrogen-bond acceptors (Lipinski definition) is 20. The van der Waals surface area contributed by atoms with E-state index in [-0.39, 0.29) is 123 Å². The number of nitrogens with two attached hydrogens (primary N) is 1. The van der Waals surface area contributed by atoms with Crippen molar-refractivity contribution in [1.29, 1.82) is 0 Å². The third-order valence-corrected chi connectivity index (χ3v) is 19.1. The SMILES string of the molecule is CC[C@@H]1CC[C@H](n2cc(CBr)c(=O)[nH]c2=O)O1.CC[C@@H]1CC[C@H](n2cc(CC#CCCC(=O)C(F)(F)F)c(=O)[nH]c2=O)O1.CC[C@@H]1CC[C@H](n2cc(CC#CCCC(=O)C(F)(F)F)c(=O)[nH]c2=O)O1.CC[C@@H]1CC[C@H](n2cc(CC#CCN)c(=O)[nH]c2=O)O1.O=C(CCC#CCc1cn([C@H]2CC[C@@H](CO)O2)c(=O)[nH]c1=O)C(F)(F)F. The minimum atomic E-state index is -4.87. The van der Waals surface area contributed by atoms with Crippen LogP contribution in [0.4, 0.5) is 39.5 Å². The number of H-pyrrole nitrogens is 5. The van der Waals surface area contributed by atoms with Crippen LogP contribution in [-0.4, -0.2) is 132 Å². The first-order chi connectivity index (χ1) is 54.5. The summed E-state index contributed by atoms with van der Waals surface area (Å²) in [4.78, 5) is 161. The molecule has 0 unspecified atom stereocenters. The maximum Gasteiger partial charge on any atom is 0.450 e. The summed E-state index contributed by atoms with van der Waals surface area (Å²) >= 11 is 3.22. The summed E-state index contributed by atoms with van der Waals surface area (Å²) < 4.78 is 144. The smallest absolute Gasteiger partial charge is 0.394 e. The second-order valence-electron chi connectivity index (χ2n) is 26.6. The summed E-state index contributed by atoms with van der Waals surface area (Å²) in [5.41, 5.74) is 1.59. The van der Waals surface area contributed by atoms with Gasteiger partial charge in [-0.15, -0.1) is 17.8 Å². The van der Waals surface area contributed by atoms with Crippen molar-refractivity contribution in [2.75, 3.05) is 13.2 Å². The molecule has 0 aliphatic carbocycles. The number of alkyl halides is 10. The Morgan fingerprint density at radius 1 is 0.383 bits per heavy atom. The van der Waals surface area contributed by atoms with E-state index in [2.05, 4.69) is 102 Å². The predicted molar refractivity (Wildman–Crippen MR) is 399 cm³/mol. The molecule has 5 aromatic rings. The lowest BCUT2D eigenvalue weighted by molar-refractivity contribution is -0.170. The zero-order valence-corrected chi connectivity index (χ0v) is 64.7. The molecule has 5 fully saturated rings. The maximum absolute atomic E-state index is 12.1.